The summed E-state index contributed by atoms with van der Waals surface area (Å²) in [5.74, 6) is 1.69. The molecule has 128 valence electrons. The van der Waals surface area contributed by atoms with Crippen LogP contribution in [0.1, 0.15) is 24.5 Å². The van der Waals surface area contributed by atoms with Gasteiger partial charge in [-0.1, -0.05) is 19.1 Å². The van der Waals surface area contributed by atoms with E-state index in [1.54, 1.807) is 0 Å². The first-order chi connectivity index (χ1) is 11.7. The summed E-state index contributed by atoms with van der Waals surface area (Å²) in [6.45, 7) is 5.47. The van der Waals surface area contributed by atoms with E-state index in [2.05, 4.69) is 41.3 Å². The fourth-order valence-electron chi connectivity index (χ4n) is 2.74. The summed E-state index contributed by atoms with van der Waals surface area (Å²) < 4.78 is 10.9. The van der Waals surface area contributed by atoms with E-state index in [4.69, 9.17) is 9.47 Å². The fraction of sp³-hybridized carbons (Fsp3) is 0.421. The molecule has 3 rings (SSSR count). The fourth-order valence-corrected chi connectivity index (χ4v) is 3.08. The predicted molar refractivity (Wildman–Crippen MR) is 98.5 cm³/mol. The van der Waals surface area contributed by atoms with E-state index in [9.17, 15) is 0 Å². The van der Waals surface area contributed by atoms with Crippen LogP contribution in [0.4, 0.5) is 0 Å². The number of ether oxygens (including phenoxy) is 2. The Bertz CT molecular complexity index is 651. The molecule has 0 bridgehead atoms. The lowest BCUT2D eigenvalue weighted by molar-refractivity contribution is 0.174. The number of fused-ring (bicyclic) bond motifs is 1. The molecule has 0 saturated heterocycles. The van der Waals surface area contributed by atoms with E-state index in [1.807, 2.05) is 36.3 Å². The molecule has 0 unspecified atom stereocenters. The monoisotopic (exact) mass is 344 g/mol. The molecule has 0 amide bonds. The zero-order valence-electron chi connectivity index (χ0n) is 14.3. The summed E-state index contributed by atoms with van der Waals surface area (Å²) in [6, 6.07) is 10.4. The number of pyridine rings is 1. The molecule has 0 spiro atoms. The van der Waals surface area contributed by atoms with E-state index < -0.39 is 0 Å². The molecular formula is C19H24N2O2S. The van der Waals surface area contributed by atoms with Gasteiger partial charge in [0.15, 0.2) is 11.5 Å². The van der Waals surface area contributed by atoms with Crippen molar-refractivity contribution in [2.24, 2.45) is 0 Å². The number of hydrogen-bond donors (Lipinski definition) is 0. The Balaban J connectivity index is 1.68. The Morgan fingerprint density at radius 2 is 2.00 bits per heavy atom. The van der Waals surface area contributed by atoms with Crippen LogP contribution in [0.2, 0.25) is 0 Å². The first-order valence-corrected chi connectivity index (χ1v) is 9.56. The molecule has 0 saturated carbocycles. The Morgan fingerprint density at radius 1 is 1.17 bits per heavy atom. The van der Waals surface area contributed by atoms with E-state index in [-0.39, 0.29) is 0 Å². The van der Waals surface area contributed by atoms with Gasteiger partial charge in [-0.05, 0) is 48.5 Å². The van der Waals surface area contributed by atoms with Crippen LogP contribution in [0.15, 0.2) is 42.7 Å². The molecular weight excluding hydrogens is 320 g/mol. The molecule has 0 N–H and O–H groups in total. The Labute approximate surface area is 148 Å². The quantitative estimate of drug-likeness (QED) is 0.724. The highest BCUT2D eigenvalue weighted by Gasteiger charge is 2.15. The van der Waals surface area contributed by atoms with Crippen molar-refractivity contribution in [2.45, 2.75) is 31.7 Å². The first-order valence-electron chi connectivity index (χ1n) is 8.27. The van der Waals surface area contributed by atoms with Crippen LogP contribution in [0.25, 0.3) is 0 Å². The van der Waals surface area contributed by atoms with Crippen LogP contribution >= 0.6 is 11.8 Å². The molecule has 0 radical (unpaired) electrons. The number of benzene rings is 1. The van der Waals surface area contributed by atoms with Gasteiger partial charge in [0.25, 0.3) is 0 Å². The van der Waals surface area contributed by atoms with Crippen LogP contribution in [-0.2, 0) is 13.1 Å². The lowest BCUT2D eigenvalue weighted by atomic mass is 10.1. The van der Waals surface area contributed by atoms with Crippen molar-refractivity contribution in [2.75, 3.05) is 19.6 Å². The third-order valence-electron chi connectivity index (χ3n) is 4.23. The van der Waals surface area contributed by atoms with E-state index >= 15 is 0 Å². The minimum atomic E-state index is 0.323. The lowest BCUT2D eigenvalue weighted by Crippen LogP contribution is -2.25. The molecule has 5 heteroatoms. The highest BCUT2D eigenvalue weighted by atomic mass is 32.2. The maximum Gasteiger partial charge on any atom is 0.231 e. The Morgan fingerprint density at radius 3 is 2.79 bits per heavy atom. The molecule has 1 aliphatic heterocycles. The topological polar surface area (TPSA) is 34.6 Å². The van der Waals surface area contributed by atoms with Gasteiger partial charge < -0.3 is 9.47 Å². The Hall–Kier alpha value is -1.72. The molecule has 2 heterocycles. The van der Waals surface area contributed by atoms with Gasteiger partial charge >= 0.3 is 0 Å². The second-order valence-electron chi connectivity index (χ2n) is 6.09. The van der Waals surface area contributed by atoms with Crippen LogP contribution in [-0.4, -0.2) is 34.7 Å². The van der Waals surface area contributed by atoms with Gasteiger partial charge in [-0.2, -0.15) is 11.8 Å². The van der Waals surface area contributed by atoms with Crippen molar-refractivity contribution in [1.29, 1.82) is 0 Å². The third-order valence-corrected chi connectivity index (χ3v) is 5.27. The normalized spacial score (nSPS) is 14.1. The summed E-state index contributed by atoms with van der Waals surface area (Å²) in [6.07, 6.45) is 7.12. The number of rotatable bonds is 8. The van der Waals surface area contributed by atoms with Gasteiger partial charge in [0.1, 0.15) is 0 Å². The lowest BCUT2D eigenvalue weighted by Gasteiger charge is -2.24. The maximum atomic E-state index is 5.50. The zero-order valence-corrected chi connectivity index (χ0v) is 15.1. The average Bonchev–Trinajstić information content (AvgIpc) is 3.08. The molecule has 2 aromatic rings. The summed E-state index contributed by atoms with van der Waals surface area (Å²) >= 11 is 1.92. The molecule has 1 atom stereocenters. The van der Waals surface area contributed by atoms with Crippen LogP contribution < -0.4 is 9.47 Å². The van der Waals surface area contributed by atoms with Gasteiger partial charge in [-0.25, -0.2) is 0 Å². The second kappa shape index (κ2) is 8.40. The molecule has 4 nitrogen and oxygen atoms in total. The van der Waals surface area contributed by atoms with Crippen LogP contribution in [0.5, 0.6) is 11.5 Å². The zero-order chi connectivity index (χ0) is 16.8. The second-order valence-corrected chi connectivity index (χ2v) is 7.37. The van der Waals surface area contributed by atoms with Gasteiger partial charge in [0, 0.05) is 30.7 Å². The largest absolute Gasteiger partial charge is 0.454 e. The number of aromatic nitrogens is 1. The minimum absolute atomic E-state index is 0.323. The van der Waals surface area contributed by atoms with E-state index in [0.717, 1.165) is 31.1 Å². The molecule has 0 fully saturated rings. The van der Waals surface area contributed by atoms with Gasteiger partial charge in [0.2, 0.25) is 6.79 Å². The molecule has 24 heavy (non-hydrogen) atoms. The summed E-state index contributed by atoms with van der Waals surface area (Å²) in [4.78, 5) is 6.71. The van der Waals surface area contributed by atoms with E-state index in [0.29, 0.717) is 12.0 Å². The number of thioether (sulfide) groups is 1. The highest BCUT2D eigenvalue weighted by molar-refractivity contribution is 7.99. The first kappa shape index (κ1) is 17.1. The SMILES string of the molecule is CS[C@@H](C)CCN(Cc1cccnc1)Cc1ccc2c(c1)OCO2. The van der Waals surface area contributed by atoms with Crippen molar-refractivity contribution in [3.63, 3.8) is 0 Å². The standard InChI is InChI=1S/C19H24N2O2S/c1-15(24-2)7-9-21(13-17-4-3-8-20-11-17)12-16-5-6-18-19(10-16)23-14-22-18/h3-6,8,10-11,15H,7,9,12-14H2,1-2H3/t15-/m0/s1. The number of nitrogens with zero attached hydrogens (tertiary/aromatic N) is 2. The van der Waals surface area contributed by atoms with Crippen molar-refractivity contribution >= 4 is 11.8 Å². The highest BCUT2D eigenvalue weighted by Crippen LogP contribution is 2.33. The Kier molecular flexibility index (Phi) is 5.99. The van der Waals surface area contributed by atoms with Crippen LogP contribution in [0, 0.1) is 0 Å². The summed E-state index contributed by atoms with van der Waals surface area (Å²) in [7, 11) is 0. The van der Waals surface area contributed by atoms with Crippen molar-refractivity contribution in [1.82, 2.24) is 9.88 Å². The average molecular weight is 344 g/mol. The molecule has 1 aromatic heterocycles. The minimum Gasteiger partial charge on any atom is -0.454 e. The van der Waals surface area contributed by atoms with Crippen molar-refractivity contribution in [3.8, 4) is 11.5 Å². The van der Waals surface area contributed by atoms with E-state index in [1.165, 1.54) is 17.5 Å². The smallest absolute Gasteiger partial charge is 0.231 e. The van der Waals surface area contributed by atoms with Crippen molar-refractivity contribution < 1.29 is 9.47 Å². The van der Waals surface area contributed by atoms with Gasteiger partial charge in [-0.15, -0.1) is 0 Å². The summed E-state index contributed by atoms with van der Waals surface area (Å²) in [5.41, 5.74) is 2.50. The summed E-state index contributed by atoms with van der Waals surface area (Å²) in [5, 5.41) is 0.665. The molecule has 0 aliphatic carbocycles. The molecule has 1 aliphatic rings. The molecule has 1 aromatic carbocycles. The predicted octanol–water partition coefficient (Wildman–Crippen LogP) is 3.95. The number of hydrogen-bond acceptors (Lipinski definition) is 5. The third kappa shape index (κ3) is 4.65. The van der Waals surface area contributed by atoms with Crippen LogP contribution in [0.3, 0.4) is 0 Å². The van der Waals surface area contributed by atoms with Crippen molar-refractivity contribution in [3.05, 3.63) is 53.9 Å². The maximum absolute atomic E-state index is 5.50. The van der Waals surface area contributed by atoms with Gasteiger partial charge in [0.05, 0.1) is 0 Å². The van der Waals surface area contributed by atoms with Gasteiger partial charge in [-0.3, -0.25) is 9.88 Å².